The van der Waals surface area contributed by atoms with Crippen molar-refractivity contribution in [1.29, 1.82) is 0 Å². The lowest BCUT2D eigenvalue weighted by atomic mass is 10.1. The summed E-state index contributed by atoms with van der Waals surface area (Å²) in [7, 11) is 0. The van der Waals surface area contributed by atoms with Gasteiger partial charge in [0.25, 0.3) is 5.91 Å². The standard InChI is InChI=1S/C18H19NO3/c1-3-21-15-10-8-14(9-11-15)18(20)19-12-13(2)22-17-7-5-4-6-16(17)19/h4-11,13H,3,12H2,1-2H3/t13-/m1/s1. The molecule has 22 heavy (non-hydrogen) atoms. The van der Waals surface area contributed by atoms with Gasteiger partial charge in [-0.1, -0.05) is 12.1 Å². The fourth-order valence-electron chi connectivity index (χ4n) is 2.60. The van der Waals surface area contributed by atoms with Crippen LogP contribution < -0.4 is 14.4 Å². The van der Waals surface area contributed by atoms with Crippen molar-refractivity contribution in [3.63, 3.8) is 0 Å². The molecule has 0 spiro atoms. The molecule has 0 radical (unpaired) electrons. The average Bonchev–Trinajstić information content (AvgIpc) is 2.54. The zero-order valence-electron chi connectivity index (χ0n) is 12.8. The molecule has 0 aromatic heterocycles. The maximum atomic E-state index is 12.8. The smallest absolute Gasteiger partial charge is 0.258 e. The highest BCUT2D eigenvalue weighted by atomic mass is 16.5. The van der Waals surface area contributed by atoms with Crippen LogP contribution >= 0.6 is 0 Å². The first kappa shape index (κ1) is 14.4. The molecule has 1 atom stereocenters. The van der Waals surface area contributed by atoms with E-state index in [1.807, 2.05) is 50.2 Å². The van der Waals surface area contributed by atoms with Gasteiger partial charge < -0.3 is 14.4 Å². The van der Waals surface area contributed by atoms with Crippen molar-refractivity contribution < 1.29 is 14.3 Å². The molecule has 1 amide bonds. The van der Waals surface area contributed by atoms with E-state index in [9.17, 15) is 4.79 Å². The van der Waals surface area contributed by atoms with Crippen LogP contribution in [0.3, 0.4) is 0 Å². The molecule has 0 fully saturated rings. The van der Waals surface area contributed by atoms with Gasteiger partial charge in [-0.2, -0.15) is 0 Å². The quantitative estimate of drug-likeness (QED) is 0.870. The monoisotopic (exact) mass is 297 g/mol. The maximum absolute atomic E-state index is 12.8. The minimum atomic E-state index is -0.0263. The van der Waals surface area contributed by atoms with E-state index in [-0.39, 0.29) is 12.0 Å². The van der Waals surface area contributed by atoms with Crippen LogP contribution in [0.15, 0.2) is 48.5 Å². The fraction of sp³-hybridized carbons (Fsp3) is 0.278. The van der Waals surface area contributed by atoms with E-state index in [1.165, 1.54) is 0 Å². The summed E-state index contributed by atoms with van der Waals surface area (Å²) in [5, 5.41) is 0. The zero-order chi connectivity index (χ0) is 15.5. The van der Waals surface area contributed by atoms with Crippen molar-refractivity contribution in [1.82, 2.24) is 0 Å². The number of para-hydroxylation sites is 2. The lowest BCUT2D eigenvalue weighted by molar-refractivity contribution is 0.0961. The van der Waals surface area contributed by atoms with Crippen LogP contribution in [0, 0.1) is 0 Å². The number of benzene rings is 2. The topological polar surface area (TPSA) is 38.8 Å². The van der Waals surface area contributed by atoms with Gasteiger partial charge >= 0.3 is 0 Å². The van der Waals surface area contributed by atoms with Gasteiger partial charge in [-0.3, -0.25) is 4.79 Å². The largest absolute Gasteiger partial charge is 0.494 e. The van der Waals surface area contributed by atoms with E-state index >= 15 is 0 Å². The van der Waals surface area contributed by atoms with Gasteiger partial charge in [-0.15, -0.1) is 0 Å². The average molecular weight is 297 g/mol. The number of rotatable bonds is 3. The Balaban J connectivity index is 1.88. The summed E-state index contributed by atoms with van der Waals surface area (Å²) in [6.07, 6.45) is -0.0263. The van der Waals surface area contributed by atoms with Gasteiger partial charge in [0.15, 0.2) is 0 Å². The predicted octanol–water partition coefficient (Wildman–Crippen LogP) is 3.51. The van der Waals surface area contributed by atoms with E-state index in [0.717, 1.165) is 17.2 Å². The summed E-state index contributed by atoms with van der Waals surface area (Å²) in [6.45, 7) is 5.06. The summed E-state index contributed by atoms with van der Waals surface area (Å²) < 4.78 is 11.2. The molecule has 4 nitrogen and oxygen atoms in total. The highest BCUT2D eigenvalue weighted by molar-refractivity contribution is 6.07. The third-order valence-corrected chi connectivity index (χ3v) is 3.58. The number of carbonyl (C=O) groups excluding carboxylic acids is 1. The van der Waals surface area contributed by atoms with Crippen LogP contribution in [0.1, 0.15) is 24.2 Å². The Bertz CT molecular complexity index is 666. The normalized spacial score (nSPS) is 16.6. The number of anilines is 1. The first-order chi connectivity index (χ1) is 10.7. The van der Waals surface area contributed by atoms with Crippen molar-refractivity contribution in [2.75, 3.05) is 18.1 Å². The Morgan fingerprint density at radius 1 is 1.23 bits per heavy atom. The summed E-state index contributed by atoms with van der Waals surface area (Å²) >= 11 is 0. The second-order valence-corrected chi connectivity index (χ2v) is 5.27. The zero-order valence-corrected chi connectivity index (χ0v) is 12.8. The molecule has 0 N–H and O–H groups in total. The van der Waals surface area contributed by atoms with Crippen LogP contribution in [0.4, 0.5) is 5.69 Å². The number of amides is 1. The molecule has 1 heterocycles. The first-order valence-corrected chi connectivity index (χ1v) is 7.49. The van der Waals surface area contributed by atoms with Crippen molar-refractivity contribution >= 4 is 11.6 Å². The van der Waals surface area contributed by atoms with Crippen molar-refractivity contribution in [2.45, 2.75) is 20.0 Å². The Morgan fingerprint density at radius 3 is 2.68 bits per heavy atom. The molecule has 0 saturated carbocycles. The molecule has 1 aliphatic rings. The maximum Gasteiger partial charge on any atom is 0.258 e. The van der Waals surface area contributed by atoms with Crippen molar-refractivity contribution in [3.05, 3.63) is 54.1 Å². The molecule has 0 saturated heterocycles. The summed E-state index contributed by atoms with van der Waals surface area (Å²) in [6, 6.07) is 14.9. The van der Waals surface area contributed by atoms with Gasteiger partial charge in [0.1, 0.15) is 17.6 Å². The van der Waals surface area contributed by atoms with E-state index in [1.54, 1.807) is 17.0 Å². The molecule has 2 aromatic rings. The van der Waals surface area contributed by atoms with Crippen LogP contribution in [-0.2, 0) is 0 Å². The number of carbonyl (C=O) groups is 1. The second kappa shape index (κ2) is 6.10. The van der Waals surface area contributed by atoms with Crippen molar-refractivity contribution in [3.8, 4) is 11.5 Å². The molecule has 0 aliphatic carbocycles. The van der Waals surface area contributed by atoms with Gasteiger partial charge in [0.2, 0.25) is 0 Å². The Morgan fingerprint density at radius 2 is 1.95 bits per heavy atom. The van der Waals surface area contributed by atoms with Crippen molar-refractivity contribution in [2.24, 2.45) is 0 Å². The summed E-state index contributed by atoms with van der Waals surface area (Å²) in [5.74, 6) is 1.50. The van der Waals surface area contributed by atoms with Crippen LogP contribution in [0.25, 0.3) is 0 Å². The fourth-order valence-corrected chi connectivity index (χ4v) is 2.60. The SMILES string of the molecule is CCOc1ccc(C(=O)N2C[C@@H](C)Oc3ccccc32)cc1. The molecular weight excluding hydrogens is 278 g/mol. The van der Waals surface area contributed by atoms with Gasteiger partial charge in [0.05, 0.1) is 18.8 Å². The van der Waals surface area contributed by atoms with Gasteiger partial charge in [-0.25, -0.2) is 0 Å². The number of hydrogen-bond acceptors (Lipinski definition) is 3. The van der Waals surface area contributed by atoms with E-state index < -0.39 is 0 Å². The minimum absolute atomic E-state index is 0.0225. The Labute approximate surface area is 130 Å². The lowest BCUT2D eigenvalue weighted by Gasteiger charge is -2.33. The lowest BCUT2D eigenvalue weighted by Crippen LogP contribution is -2.42. The second-order valence-electron chi connectivity index (χ2n) is 5.27. The number of ether oxygens (including phenoxy) is 2. The van der Waals surface area contributed by atoms with E-state index in [0.29, 0.717) is 18.7 Å². The highest BCUT2D eigenvalue weighted by Gasteiger charge is 2.27. The third-order valence-electron chi connectivity index (χ3n) is 3.58. The summed E-state index contributed by atoms with van der Waals surface area (Å²) in [4.78, 5) is 14.6. The highest BCUT2D eigenvalue weighted by Crippen LogP contribution is 2.34. The number of hydrogen-bond donors (Lipinski definition) is 0. The predicted molar refractivity (Wildman–Crippen MR) is 85.8 cm³/mol. The van der Waals surface area contributed by atoms with Gasteiger partial charge in [0, 0.05) is 5.56 Å². The minimum Gasteiger partial charge on any atom is -0.494 e. The van der Waals surface area contributed by atoms with Crippen LogP contribution in [0.5, 0.6) is 11.5 Å². The Hall–Kier alpha value is -2.49. The number of fused-ring (bicyclic) bond motifs is 1. The molecule has 0 unspecified atom stereocenters. The first-order valence-electron chi connectivity index (χ1n) is 7.49. The van der Waals surface area contributed by atoms with Crippen LogP contribution in [-0.4, -0.2) is 25.2 Å². The van der Waals surface area contributed by atoms with Crippen LogP contribution in [0.2, 0.25) is 0 Å². The molecule has 114 valence electrons. The molecular formula is C18H19NO3. The molecule has 3 rings (SSSR count). The van der Waals surface area contributed by atoms with E-state index in [4.69, 9.17) is 9.47 Å². The molecule has 0 bridgehead atoms. The third kappa shape index (κ3) is 2.77. The molecule has 2 aromatic carbocycles. The molecule has 1 aliphatic heterocycles. The van der Waals surface area contributed by atoms with Gasteiger partial charge in [-0.05, 0) is 50.2 Å². The van der Waals surface area contributed by atoms with E-state index in [2.05, 4.69) is 0 Å². The Kier molecular flexibility index (Phi) is 4.00. The number of nitrogens with zero attached hydrogens (tertiary/aromatic N) is 1. The molecule has 4 heteroatoms. The summed E-state index contributed by atoms with van der Waals surface area (Å²) in [5.41, 5.74) is 1.46.